The van der Waals surface area contributed by atoms with Crippen LogP contribution in [0.15, 0.2) is 0 Å². The lowest BCUT2D eigenvalue weighted by molar-refractivity contribution is -0.122. The van der Waals surface area contributed by atoms with Crippen LogP contribution in [0, 0.1) is 6.92 Å². The summed E-state index contributed by atoms with van der Waals surface area (Å²) in [5.41, 5.74) is 8.39. The number of carbonyl (C=O) groups is 2. The van der Waals surface area contributed by atoms with Crippen LogP contribution in [0.4, 0.5) is 0 Å². The zero-order valence-corrected chi connectivity index (χ0v) is 9.71. The molecule has 0 aromatic carbocycles. The highest BCUT2D eigenvalue weighted by Gasteiger charge is 2.02. The summed E-state index contributed by atoms with van der Waals surface area (Å²) < 4.78 is 0. The summed E-state index contributed by atoms with van der Waals surface area (Å²) in [7, 11) is 0. The lowest BCUT2D eigenvalue weighted by Gasteiger charge is -2.04. The van der Waals surface area contributed by atoms with E-state index in [0.717, 1.165) is 19.3 Å². The number of carbonyl (C=O) groups excluding carboxylic acids is 2. The molecule has 0 saturated carbocycles. The van der Waals surface area contributed by atoms with Gasteiger partial charge in [-0.05, 0) is 32.6 Å². The van der Waals surface area contributed by atoms with Crippen LogP contribution in [0.5, 0.6) is 0 Å². The molecule has 0 aromatic rings. The van der Waals surface area contributed by atoms with Gasteiger partial charge in [0.15, 0.2) is 0 Å². The van der Waals surface area contributed by atoms with Crippen LogP contribution in [-0.4, -0.2) is 18.4 Å². The summed E-state index contributed by atoms with van der Waals surface area (Å²) in [4.78, 5) is 21.4. The van der Waals surface area contributed by atoms with E-state index in [1.165, 1.54) is 0 Å². The molecule has 0 rings (SSSR count). The molecule has 0 saturated heterocycles. The Morgan fingerprint density at radius 3 is 2.31 bits per heavy atom. The Morgan fingerprint density at radius 2 is 1.69 bits per heavy atom. The summed E-state index contributed by atoms with van der Waals surface area (Å²) in [6, 6.07) is 0. The van der Waals surface area contributed by atoms with E-state index in [2.05, 4.69) is 5.32 Å². The van der Waals surface area contributed by atoms with Gasteiger partial charge < -0.3 is 5.32 Å². The van der Waals surface area contributed by atoms with Gasteiger partial charge in [0.1, 0.15) is 0 Å². The predicted octanol–water partition coefficient (Wildman–Crippen LogP) is 1.53. The fourth-order valence-corrected chi connectivity index (χ4v) is 1.32. The maximum absolute atomic E-state index is 11.2. The van der Waals surface area contributed by atoms with Crippen molar-refractivity contribution >= 4 is 11.8 Å². The molecule has 0 aliphatic carbocycles. The van der Waals surface area contributed by atoms with Gasteiger partial charge in [0, 0.05) is 19.4 Å². The van der Waals surface area contributed by atoms with Gasteiger partial charge >= 0.3 is 0 Å². The quantitative estimate of drug-likeness (QED) is 0.572. The molecule has 0 aromatic heterocycles. The molecule has 0 heterocycles. The molecule has 0 aliphatic heterocycles. The first kappa shape index (κ1) is 14.9. The van der Waals surface area contributed by atoms with Crippen LogP contribution < -0.4 is 11.1 Å². The van der Waals surface area contributed by atoms with Crippen molar-refractivity contribution in [3.63, 3.8) is 0 Å². The molecule has 0 unspecified atom stereocenters. The lowest BCUT2D eigenvalue weighted by Crippen LogP contribution is -2.24. The van der Waals surface area contributed by atoms with Crippen LogP contribution in [-0.2, 0) is 9.59 Å². The summed E-state index contributed by atoms with van der Waals surface area (Å²) >= 11 is 0. The van der Waals surface area contributed by atoms with E-state index in [1.807, 2.05) is 0 Å². The summed E-state index contributed by atoms with van der Waals surface area (Å²) in [5.74, 6) is -0.791. The number of hydrogen-bond donors (Lipinski definition) is 1. The minimum Gasteiger partial charge on any atom is -0.356 e. The van der Waals surface area contributed by atoms with Gasteiger partial charge in [-0.25, -0.2) is 0 Å². The van der Waals surface area contributed by atoms with E-state index in [1.54, 1.807) is 0 Å². The van der Waals surface area contributed by atoms with Crippen LogP contribution in [0.1, 0.15) is 51.4 Å². The van der Waals surface area contributed by atoms with Crippen molar-refractivity contribution in [3.8, 4) is 0 Å². The van der Waals surface area contributed by atoms with Gasteiger partial charge in [0.2, 0.25) is 5.91 Å². The van der Waals surface area contributed by atoms with Crippen molar-refractivity contribution in [3.05, 3.63) is 6.92 Å². The van der Waals surface area contributed by atoms with Gasteiger partial charge in [-0.2, -0.15) is 0 Å². The Labute approximate surface area is 98.0 Å². The first-order chi connectivity index (χ1) is 7.66. The zero-order chi connectivity index (χ0) is 12.2. The number of hydrogen-bond acceptors (Lipinski definition) is 2. The Hall–Kier alpha value is -1.06. The molecule has 0 atom stereocenters. The fraction of sp³-hybridized carbons (Fsp3) is 0.750. The van der Waals surface area contributed by atoms with Crippen LogP contribution in [0.25, 0.3) is 0 Å². The van der Waals surface area contributed by atoms with Gasteiger partial charge in [0.05, 0.1) is 0 Å². The molecule has 16 heavy (non-hydrogen) atoms. The lowest BCUT2D eigenvalue weighted by atomic mass is 10.1. The Kier molecular flexibility index (Phi) is 9.76. The third-order valence-electron chi connectivity index (χ3n) is 2.25. The van der Waals surface area contributed by atoms with E-state index in [0.29, 0.717) is 32.2 Å². The maximum Gasteiger partial charge on any atom is 0.264 e. The molecule has 0 spiro atoms. The molecule has 4 radical (unpaired) electrons. The molecule has 4 heteroatoms. The average Bonchev–Trinajstić information content (AvgIpc) is 2.24. The molecule has 2 amide bonds. The number of nitrogens with zero attached hydrogens (tertiary/aromatic N) is 1. The standard InChI is InChI=1S/C12H20N2O2/c1-2-3-4-7-10-14-12(16)9-6-5-8-11(13)15/h1H,2-10H2,(H,14,16). The normalized spacial score (nSPS) is 10.1. The predicted molar refractivity (Wildman–Crippen MR) is 61.4 cm³/mol. The molecule has 0 aliphatic rings. The summed E-state index contributed by atoms with van der Waals surface area (Å²) in [5, 5.41) is 2.80. The number of amides is 2. The van der Waals surface area contributed by atoms with Crippen LogP contribution >= 0.6 is 0 Å². The molecule has 90 valence electrons. The monoisotopic (exact) mass is 224 g/mol. The number of unbranched alkanes of at least 4 members (excludes halogenated alkanes) is 4. The zero-order valence-electron chi connectivity index (χ0n) is 9.71. The topological polar surface area (TPSA) is 68.5 Å². The summed E-state index contributed by atoms with van der Waals surface area (Å²) in [6.07, 6.45) is 5.45. The average molecular weight is 224 g/mol. The third-order valence-corrected chi connectivity index (χ3v) is 2.25. The van der Waals surface area contributed by atoms with Crippen molar-refractivity contribution in [2.75, 3.05) is 6.54 Å². The Bertz CT molecular complexity index is 205. The molecular formula is C12H20N2O2. The van der Waals surface area contributed by atoms with Gasteiger partial charge in [-0.1, -0.05) is 12.8 Å². The highest BCUT2D eigenvalue weighted by molar-refractivity contribution is 5.76. The second-order valence-electron chi connectivity index (χ2n) is 3.80. The molecule has 0 bridgehead atoms. The Balaban J connectivity index is 3.21. The van der Waals surface area contributed by atoms with Crippen molar-refractivity contribution < 1.29 is 9.59 Å². The first-order valence-electron chi connectivity index (χ1n) is 5.85. The minimum atomic E-state index is -0.804. The SMILES string of the molecule is [CH]CCCCCNC(=O)CCCCC([N])=O. The van der Waals surface area contributed by atoms with Crippen molar-refractivity contribution in [1.82, 2.24) is 11.1 Å². The minimum absolute atomic E-state index is 0.0122. The molecule has 0 fully saturated rings. The van der Waals surface area contributed by atoms with E-state index in [4.69, 9.17) is 12.7 Å². The maximum atomic E-state index is 11.2. The summed E-state index contributed by atoms with van der Waals surface area (Å²) in [6.45, 7) is 6.03. The smallest absolute Gasteiger partial charge is 0.264 e. The molecular weight excluding hydrogens is 204 g/mol. The van der Waals surface area contributed by atoms with E-state index >= 15 is 0 Å². The highest BCUT2D eigenvalue weighted by atomic mass is 16.1. The van der Waals surface area contributed by atoms with Crippen LogP contribution in [0.3, 0.4) is 0 Å². The van der Waals surface area contributed by atoms with E-state index in [-0.39, 0.29) is 12.3 Å². The van der Waals surface area contributed by atoms with Crippen molar-refractivity contribution in [2.45, 2.75) is 51.4 Å². The fourth-order valence-electron chi connectivity index (χ4n) is 1.32. The van der Waals surface area contributed by atoms with E-state index < -0.39 is 5.91 Å². The van der Waals surface area contributed by atoms with Gasteiger partial charge in [-0.15, -0.1) is 5.73 Å². The first-order valence-corrected chi connectivity index (χ1v) is 5.85. The number of nitrogens with one attached hydrogen (secondary N) is 1. The number of rotatable bonds is 10. The van der Waals surface area contributed by atoms with Crippen molar-refractivity contribution in [1.29, 1.82) is 0 Å². The second-order valence-corrected chi connectivity index (χ2v) is 3.80. The van der Waals surface area contributed by atoms with E-state index in [9.17, 15) is 9.59 Å². The third kappa shape index (κ3) is 11.0. The largest absolute Gasteiger partial charge is 0.356 e. The molecule has 4 nitrogen and oxygen atoms in total. The van der Waals surface area contributed by atoms with Gasteiger partial charge in [-0.3, -0.25) is 9.59 Å². The second kappa shape index (κ2) is 10.5. The molecule has 1 N–H and O–H groups in total. The highest BCUT2D eigenvalue weighted by Crippen LogP contribution is 2.00. The Morgan fingerprint density at radius 1 is 1.00 bits per heavy atom. The van der Waals surface area contributed by atoms with Crippen molar-refractivity contribution in [2.24, 2.45) is 0 Å². The van der Waals surface area contributed by atoms with Crippen LogP contribution in [0.2, 0.25) is 0 Å². The van der Waals surface area contributed by atoms with Gasteiger partial charge in [0.25, 0.3) is 5.91 Å².